The fourth-order valence-electron chi connectivity index (χ4n) is 4.49. The topological polar surface area (TPSA) is 87.0 Å². The van der Waals surface area contributed by atoms with Crippen molar-refractivity contribution in [1.29, 1.82) is 5.41 Å². The number of fused-ring (bicyclic) bond motifs is 1. The largest absolute Gasteiger partial charge is 0.390 e. The average Bonchev–Trinajstić information content (AvgIpc) is 2.96. The van der Waals surface area contributed by atoms with Crippen LogP contribution in [0.1, 0.15) is 12.0 Å². The Balaban J connectivity index is 1.42. The highest BCUT2D eigenvalue weighted by Gasteiger charge is 2.15. The van der Waals surface area contributed by atoms with Gasteiger partial charge in [0.2, 0.25) is 0 Å². The van der Waals surface area contributed by atoms with Gasteiger partial charge in [0.25, 0.3) is 0 Å². The number of benzene rings is 1. The van der Waals surface area contributed by atoms with Gasteiger partial charge in [0.05, 0.1) is 18.9 Å². The number of allylic oxidation sites excluding steroid dienone is 1. The summed E-state index contributed by atoms with van der Waals surface area (Å²) >= 11 is 0. The Hall–Kier alpha value is -4.08. The molecule has 1 aliphatic rings. The van der Waals surface area contributed by atoms with E-state index in [2.05, 4.69) is 25.2 Å². The van der Waals surface area contributed by atoms with E-state index in [1.807, 2.05) is 18.3 Å². The molecule has 5 rings (SSSR count). The second-order valence-corrected chi connectivity index (χ2v) is 9.02. The maximum atomic E-state index is 14.6. The van der Waals surface area contributed by atoms with Crippen molar-refractivity contribution in [2.24, 2.45) is 0 Å². The summed E-state index contributed by atoms with van der Waals surface area (Å²) in [6.07, 6.45) is 9.11. The van der Waals surface area contributed by atoms with Crippen molar-refractivity contribution in [2.75, 3.05) is 39.4 Å². The molecule has 194 valence electrons. The van der Waals surface area contributed by atoms with Crippen LogP contribution < -0.4 is 5.32 Å². The lowest BCUT2D eigenvalue weighted by molar-refractivity contribution is 0.0375. The van der Waals surface area contributed by atoms with E-state index in [0.717, 1.165) is 86.1 Å². The first kappa shape index (κ1) is 25.6. The predicted molar refractivity (Wildman–Crippen MR) is 145 cm³/mol. The monoisotopic (exact) mass is 514 g/mol. The van der Waals surface area contributed by atoms with Crippen LogP contribution in [0.4, 0.5) is 8.78 Å². The van der Waals surface area contributed by atoms with Gasteiger partial charge in [0, 0.05) is 78.3 Å². The van der Waals surface area contributed by atoms with Crippen molar-refractivity contribution in [1.82, 2.24) is 25.2 Å². The van der Waals surface area contributed by atoms with E-state index in [1.165, 1.54) is 6.21 Å². The summed E-state index contributed by atoms with van der Waals surface area (Å²) in [6, 6.07) is 10.6. The van der Waals surface area contributed by atoms with Crippen LogP contribution in [0.15, 0.2) is 67.3 Å². The maximum absolute atomic E-state index is 14.6. The Bertz CT molecular complexity index is 1470. The highest BCUT2D eigenvalue weighted by molar-refractivity contribution is 6.08. The Labute approximate surface area is 219 Å². The summed E-state index contributed by atoms with van der Waals surface area (Å²) in [5.41, 5.74) is 3.67. The van der Waals surface area contributed by atoms with E-state index in [9.17, 15) is 8.78 Å². The van der Waals surface area contributed by atoms with Crippen LogP contribution in [0.25, 0.3) is 39.0 Å². The molecule has 7 nitrogen and oxygen atoms in total. The summed E-state index contributed by atoms with van der Waals surface area (Å²) in [5, 5.41) is 12.0. The molecule has 0 saturated carbocycles. The lowest BCUT2D eigenvalue weighted by Gasteiger charge is -2.26. The quantitative estimate of drug-likeness (QED) is 0.243. The van der Waals surface area contributed by atoms with E-state index in [0.29, 0.717) is 11.2 Å². The number of hydrogen-bond acceptors (Lipinski definition) is 7. The van der Waals surface area contributed by atoms with Gasteiger partial charge in [-0.1, -0.05) is 0 Å². The van der Waals surface area contributed by atoms with Crippen molar-refractivity contribution in [3.63, 3.8) is 0 Å². The predicted octanol–water partition coefficient (Wildman–Crippen LogP) is 4.94. The molecule has 4 heterocycles. The smallest absolute Gasteiger partial charge is 0.160 e. The van der Waals surface area contributed by atoms with Crippen LogP contribution in [0.5, 0.6) is 0 Å². The van der Waals surface area contributed by atoms with Crippen molar-refractivity contribution in [2.45, 2.75) is 6.42 Å². The molecular weight excluding hydrogens is 486 g/mol. The van der Waals surface area contributed by atoms with Crippen LogP contribution in [-0.2, 0) is 4.74 Å². The zero-order valence-corrected chi connectivity index (χ0v) is 20.8. The Kier molecular flexibility index (Phi) is 8.06. The highest BCUT2D eigenvalue weighted by atomic mass is 19.1. The molecule has 2 N–H and O–H groups in total. The average molecular weight is 515 g/mol. The van der Waals surface area contributed by atoms with Gasteiger partial charge in [0.15, 0.2) is 5.65 Å². The molecule has 0 radical (unpaired) electrons. The second kappa shape index (κ2) is 12.0. The molecule has 1 saturated heterocycles. The molecule has 0 aliphatic carbocycles. The Morgan fingerprint density at radius 1 is 1.08 bits per heavy atom. The molecule has 0 unspecified atom stereocenters. The van der Waals surface area contributed by atoms with Crippen molar-refractivity contribution in [3.05, 3.63) is 84.5 Å². The number of rotatable bonds is 9. The zero-order chi connectivity index (χ0) is 26.3. The van der Waals surface area contributed by atoms with Gasteiger partial charge >= 0.3 is 0 Å². The van der Waals surface area contributed by atoms with Crippen molar-refractivity contribution >= 4 is 22.8 Å². The molecule has 0 bridgehead atoms. The minimum Gasteiger partial charge on any atom is -0.390 e. The van der Waals surface area contributed by atoms with Gasteiger partial charge < -0.3 is 15.5 Å². The molecule has 3 aromatic heterocycles. The normalized spacial score (nSPS) is 14.5. The summed E-state index contributed by atoms with van der Waals surface area (Å²) in [4.78, 5) is 15.6. The number of ether oxygens (including phenoxy) is 1. The maximum Gasteiger partial charge on any atom is 0.160 e. The number of pyridine rings is 3. The van der Waals surface area contributed by atoms with Crippen LogP contribution in [0.3, 0.4) is 0 Å². The Morgan fingerprint density at radius 2 is 1.95 bits per heavy atom. The number of aromatic nitrogens is 3. The standard InChI is InChI=1S/C29H28F2N6O/c30-23-4-5-27(31)26(14-23)28-15-25(24-3-1-7-35-29(24)36-28)21-13-20(17-34-18-21)22(16-32)19-33-6-2-8-37-9-11-38-12-10-37/h1,3-5,7,13-19,32-33H,2,6,8-12H2/b22-19+,32-16?. The molecule has 0 amide bonds. The highest BCUT2D eigenvalue weighted by Crippen LogP contribution is 2.33. The van der Waals surface area contributed by atoms with Gasteiger partial charge in [-0.2, -0.15) is 0 Å². The molecule has 1 aromatic carbocycles. The van der Waals surface area contributed by atoms with Gasteiger partial charge in [-0.05, 0) is 61.0 Å². The number of nitrogens with one attached hydrogen (secondary N) is 2. The summed E-state index contributed by atoms with van der Waals surface area (Å²) in [7, 11) is 0. The third kappa shape index (κ3) is 5.90. The van der Waals surface area contributed by atoms with E-state index in [4.69, 9.17) is 10.1 Å². The number of morpholine rings is 1. The summed E-state index contributed by atoms with van der Waals surface area (Å²) in [5.74, 6) is -1.12. The third-order valence-electron chi connectivity index (χ3n) is 6.48. The Morgan fingerprint density at radius 3 is 2.79 bits per heavy atom. The van der Waals surface area contributed by atoms with Gasteiger partial charge in [-0.15, -0.1) is 0 Å². The minimum atomic E-state index is -0.569. The third-order valence-corrected chi connectivity index (χ3v) is 6.48. The summed E-state index contributed by atoms with van der Waals surface area (Å²) in [6.45, 7) is 5.29. The molecular formula is C29H28F2N6O. The molecule has 4 aromatic rings. The number of hydrogen-bond donors (Lipinski definition) is 2. The van der Waals surface area contributed by atoms with E-state index < -0.39 is 11.6 Å². The van der Waals surface area contributed by atoms with Gasteiger partial charge in [0.1, 0.15) is 11.6 Å². The van der Waals surface area contributed by atoms with Crippen LogP contribution >= 0.6 is 0 Å². The van der Waals surface area contributed by atoms with E-state index >= 15 is 0 Å². The van der Waals surface area contributed by atoms with Crippen molar-refractivity contribution in [3.8, 4) is 22.4 Å². The molecule has 1 aliphatic heterocycles. The zero-order valence-electron chi connectivity index (χ0n) is 20.8. The molecule has 0 atom stereocenters. The van der Waals surface area contributed by atoms with Crippen LogP contribution in [-0.4, -0.2) is 65.5 Å². The molecule has 0 spiro atoms. The fourth-order valence-corrected chi connectivity index (χ4v) is 4.49. The first-order chi connectivity index (χ1) is 18.6. The lowest BCUT2D eigenvalue weighted by atomic mass is 9.98. The number of halogens is 2. The van der Waals surface area contributed by atoms with E-state index in [1.54, 1.807) is 30.7 Å². The molecule has 1 fully saturated rings. The first-order valence-corrected chi connectivity index (χ1v) is 12.5. The van der Waals surface area contributed by atoms with Crippen LogP contribution in [0.2, 0.25) is 0 Å². The molecule has 9 heteroatoms. The van der Waals surface area contributed by atoms with Crippen LogP contribution in [0, 0.1) is 17.0 Å². The van der Waals surface area contributed by atoms with Crippen molar-refractivity contribution < 1.29 is 13.5 Å². The first-order valence-electron chi connectivity index (χ1n) is 12.5. The minimum absolute atomic E-state index is 0.0595. The number of nitrogens with zero attached hydrogens (tertiary/aromatic N) is 4. The summed E-state index contributed by atoms with van der Waals surface area (Å²) < 4.78 is 33.9. The van der Waals surface area contributed by atoms with Gasteiger partial charge in [-0.25, -0.2) is 18.7 Å². The van der Waals surface area contributed by atoms with E-state index in [-0.39, 0.29) is 11.3 Å². The SMILES string of the molecule is N=C/C(=C\NCCCN1CCOCC1)c1cncc(-c2cc(-c3cc(F)ccc3F)nc3ncccc23)c1. The van der Waals surface area contributed by atoms with Gasteiger partial charge in [-0.3, -0.25) is 9.88 Å². The second-order valence-electron chi connectivity index (χ2n) is 9.02. The molecule has 38 heavy (non-hydrogen) atoms. The fraction of sp³-hybridized carbons (Fsp3) is 0.241. The lowest BCUT2D eigenvalue weighted by Crippen LogP contribution is -2.37.